The van der Waals surface area contributed by atoms with Crippen molar-refractivity contribution in [3.63, 3.8) is 0 Å². The van der Waals surface area contributed by atoms with Crippen LogP contribution in [0.2, 0.25) is 0 Å². The van der Waals surface area contributed by atoms with Gasteiger partial charge in [0.1, 0.15) is 0 Å². The van der Waals surface area contributed by atoms with E-state index in [4.69, 9.17) is 4.43 Å². The second-order valence-electron chi connectivity index (χ2n) is 4.03. The van der Waals surface area contributed by atoms with Crippen LogP contribution in [0.1, 0.15) is 23.7 Å². The van der Waals surface area contributed by atoms with Gasteiger partial charge in [-0.05, 0) is 34.8 Å². The number of hydrogen-bond donors (Lipinski definition) is 0. The fourth-order valence-electron chi connectivity index (χ4n) is 2.35. The molecule has 0 saturated heterocycles. The minimum absolute atomic E-state index is 0.0318. The molecule has 3 radical (unpaired) electrons. The molecular weight excluding hydrogens is 212 g/mol. The van der Waals surface area contributed by atoms with Gasteiger partial charge in [-0.2, -0.15) is 0 Å². The van der Waals surface area contributed by atoms with E-state index in [1.54, 1.807) is 0 Å². The summed E-state index contributed by atoms with van der Waals surface area (Å²) in [5.41, 5.74) is 5.21. The Hall–Kier alpha value is -1.38. The molecule has 1 unspecified atom stereocenters. The molecular formula is C14H11OSi. The molecule has 0 spiro atoms. The van der Waals surface area contributed by atoms with Crippen LogP contribution in [0.4, 0.5) is 0 Å². The molecule has 2 aliphatic carbocycles. The molecule has 0 fully saturated rings. The SMILES string of the molecule is [Si]OC1C=C(C2=CC=CC2)c2ccccc21. The maximum Gasteiger partial charge on any atom is 0.247 e. The molecule has 0 aliphatic heterocycles. The van der Waals surface area contributed by atoms with E-state index >= 15 is 0 Å². The van der Waals surface area contributed by atoms with Gasteiger partial charge in [-0.3, -0.25) is 0 Å². The van der Waals surface area contributed by atoms with Gasteiger partial charge in [0.15, 0.2) is 0 Å². The third-order valence-electron chi connectivity index (χ3n) is 3.12. The van der Waals surface area contributed by atoms with Crippen LogP contribution in [0.3, 0.4) is 0 Å². The smallest absolute Gasteiger partial charge is 0.247 e. The number of hydrogen-bond acceptors (Lipinski definition) is 1. The van der Waals surface area contributed by atoms with Crippen molar-refractivity contribution in [2.45, 2.75) is 12.5 Å². The van der Waals surface area contributed by atoms with Crippen LogP contribution in [-0.4, -0.2) is 10.5 Å². The molecule has 0 saturated carbocycles. The van der Waals surface area contributed by atoms with Crippen LogP contribution >= 0.6 is 0 Å². The predicted octanol–water partition coefficient (Wildman–Crippen LogP) is 3.11. The zero-order valence-corrected chi connectivity index (χ0v) is 9.81. The Balaban J connectivity index is 2.07. The monoisotopic (exact) mass is 223 g/mol. The van der Waals surface area contributed by atoms with Gasteiger partial charge >= 0.3 is 0 Å². The summed E-state index contributed by atoms with van der Waals surface area (Å²) < 4.78 is 5.31. The van der Waals surface area contributed by atoms with Gasteiger partial charge in [0.25, 0.3) is 0 Å². The van der Waals surface area contributed by atoms with Crippen LogP contribution in [0.15, 0.2) is 54.1 Å². The van der Waals surface area contributed by atoms with E-state index in [1.165, 1.54) is 22.3 Å². The summed E-state index contributed by atoms with van der Waals surface area (Å²) in [7, 11) is 3.15. The molecule has 77 valence electrons. The van der Waals surface area contributed by atoms with Gasteiger partial charge in [-0.1, -0.05) is 42.5 Å². The summed E-state index contributed by atoms with van der Waals surface area (Å²) in [6.07, 6.45) is 9.70. The Bertz CT molecular complexity index is 511. The topological polar surface area (TPSA) is 9.23 Å². The van der Waals surface area contributed by atoms with Crippen molar-refractivity contribution in [2.24, 2.45) is 0 Å². The molecule has 1 nitrogen and oxygen atoms in total. The van der Waals surface area contributed by atoms with Crippen molar-refractivity contribution in [3.8, 4) is 0 Å². The molecule has 2 heteroatoms. The first kappa shape index (κ1) is 9.82. The highest BCUT2D eigenvalue weighted by atomic mass is 28.2. The molecule has 16 heavy (non-hydrogen) atoms. The summed E-state index contributed by atoms with van der Waals surface area (Å²) in [6, 6.07) is 8.40. The van der Waals surface area contributed by atoms with Crippen LogP contribution in [0.25, 0.3) is 5.57 Å². The fourth-order valence-corrected chi connectivity index (χ4v) is 2.54. The lowest BCUT2D eigenvalue weighted by molar-refractivity contribution is 0.286. The van der Waals surface area contributed by atoms with Crippen LogP contribution in [0, 0.1) is 0 Å². The number of fused-ring (bicyclic) bond motifs is 1. The van der Waals surface area contributed by atoms with Gasteiger partial charge < -0.3 is 4.43 Å². The quantitative estimate of drug-likeness (QED) is 0.700. The van der Waals surface area contributed by atoms with Crippen LogP contribution in [0.5, 0.6) is 0 Å². The standard InChI is InChI=1S/C14H11OSi/c16-15-14-9-13(10-5-1-2-6-10)11-7-3-4-8-12(11)14/h1-5,7-9,14H,6H2. The average Bonchev–Trinajstić information content (AvgIpc) is 2.95. The molecule has 0 amide bonds. The Morgan fingerprint density at radius 1 is 1.25 bits per heavy atom. The van der Waals surface area contributed by atoms with Crippen LogP contribution in [-0.2, 0) is 4.43 Å². The van der Waals surface area contributed by atoms with E-state index in [9.17, 15) is 0 Å². The maximum atomic E-state index is 5.31. The van der Waals surface area contributed by atoms with Crippen molar-refractivity contribution < 1.29 is 4.43 Å². The zero-order chi connectivity index (χ0) is 11.0. The zero-order valence-electron chi connectivity index (χ0n) is 8.81. The van der Waals surface area contributed by atoms with Crippen molar-refractivity contribution in [1.29, 1.82) is 0 Å². The minimum atomic E-state index is 0.0318. The van der Waals surface area contributed by atoms with E-state index in [0.29, 0.717) is 0 Å². The lowest BCUT2D eigenvalue weighted by Crippen LogP contribution is -1.95. The van der Waals surface area contributed by atoms with E-state index in [1.807, 2.05) is 0 Å². The van der Waals surface area contributed by atoms with E-state index in [0.717, 1.165) is 6.42 Å². The van der Waals surface area contributed by atoms with E-state index in [2.05, 4.69) is 59.1 Å². The van der Waals surface area contributed by atoms with Gasteiger partial charge in [-0.15, -0.1) is 0 Å². The third-order valence-corrected chi connectivity index (χ3v) is 3.37. The second kappa shape index (κ2) is 3.89. The van der Waals surface area contributed by atoms with Gasteiger partial charge in [0, 0.05) is 0 Å². The van der Waals surface area contributed by atoms with Crippen molar-refractivity contribution in [2.75, 3.05) is 0 Å². The molecule has 0 bridgehead atoms. The predicted molar refractivity (Wildman–Crippen MR) is 65.8 cm³/mol. The summed E-state index contributed by atoms with van der Waals surface area (Å²) in [4.78, 5) is 0. The van der Waals surface area contributed by atoms with Crippen molar-refractivity contribution in [3.05, 3.63) is 65.3 Å². The molecule has 1 atom stereocenters. The minimum Gasteiger partial charge on any atom is -0.408 e. The first-order valence-corrected chi connectivity index (χ1v) is 5.80. The molecule has 2 aliphatic rings. The first-order chi connectivity index (χ1) is 7.90. The second-order valence-corrected chi connectivity index (χ2v) is 4.27. The maximum absolute atomic E-state index is 5.31. The Kier molecular flexibility index (Phi) is 2.38. The Labute approximate surface area is 98.7 Å². The highest BCUT2D eigenvalue weighted by Crippen LogP contribution is 2.41. The molecule has 0 N–H and O–H groups in total. The summed E-state index contributed by atoms with van der Waals surface area (Å²) in [6.45, 7) is 0. The molecule has 0 aromatic heterocycles. The largest absolute Gasteiger partial charge is 0.408 e. The lowest BCUT2D eigenvalue weighted by Gasteiger charge is -2.08. The van der Waals surface area contributed by atoms with Gasteiger partial charge in [0.05, 0.1) is 6.10 Å². The number of rotatable bonds is 2. The fraction of sp³-hybridized carbons (Fsp3) is 0.143. The number of allylic oxidation sites excluding steroid dienone is 5. The van der Waals surface area contributed by atoms with E-state index < -0.39 is 0 Å². The van der Waals surface area contributed by atoms with E-state index in [-0.39, 0.29) is 6.10 Å². The highest BCUT2D eigenvalue weighted by Gasteiger charge is 2.24. The number of benzene rings is 1. The average molecular weight is 223 g/mol. The third kappa shape index (κ3) is 1.42. The van der Waals surface area contributed by atoms with Gasteiger partial charge in [-0.25, -0.2) is 0 Å². The van der Waals surface area contributed by atoms with Crippen molar-refractivity contribution in [1.82, 2.24) is 0 Å². The van der Waals surface area contributed by atoms with Crippen molar-refractivity contribution >= 4 is 16.1 Å². The van der Waals surface area contributed by atoms with Crippen LogP contribution < -0.4 is 0 Å². The normalized spacial score (nSPS) is 21.9. The molecule has 0 heterocycles. The summed E-state index contributed by atoms with van der Waals surface area (Å²) in [5, 5.41) is 0. The highest BCUT2D eigenvalue weighted by molar-refractivity contribution is 5.99. The first-order valence-electron chi connectivity index (χ1n) is 5.40. The Morgan fingerprint density at radius 2 is 2.12 bits per heavy atom. The summed E-state index contributed by atoms with van der Waals surface area (Å²) >= 11 is 0. The summed E-state index contributed by atoms with van der Waals surface area (Å²) in [5.74, 6) is 0. The molecule has 1 aromatic rings. The van der Waals surface area contributed by atoms with Gasteiger partial charge in [0.2, 0.25) is 10.5 Å². The Morgan fingerprint density at radius 3 is 2.88 bits per heavy atom. The molecule has 3 rings (SSSR count). The molecule has 1 aromatic carbocycles. The lowest BCUT2D eigenvalue weighted by atomic mass is 9.99.